The van der Waals surface area contributed by atoms with Gasteiger partial charge in [-0.15, -0.1) is 0 Å². The Morgan fingerprint density at radius 2 is 2.10 bits per heavy atom. The van der Waals surface area contributed by atoms with Crippen LogP contribution in [0.25, 0.3) is 0 Å². The Morgan fingerprint density at radius 3 is 2.80 bits per heavy atom. The molecule has 1 aliphatic heterocycles. The monoisotopic (exact) mass is 352 g/mol. The Morgan fingerprint density at radius 1 is 1.35 bits per heavy atom. The van der Waals surface area contributed by atoms with Crippen molar-refractivity contribution in [3.63, 3.8) is 0 Å². The smallest absolute Gasteiger partial charge is 0.405 e. The SMILES string of the molecule is O=C(NCc1cc(Br)cc2c1OCC2)NCC(F)(F)F. The van der Waals surface area contributed by atoms with Crippen LogP contribution in [0.3, 0.4) is 0 Å². The van der Waals surface area contributed by atoms with Crippen LogP contribution < -0.4 is 15.4 Å². The fraction of sp³-hybridized carbons (Fsp3) is 0.417. The molecule has 1 heterocycles. The third-order valence-electron chi connectivity index (χ3n) is 2.71. The highest BCUT2D eigenvalue weighted by Crippen LogP contribution is 2.32. The van der Waals surface area contributed by atoms with E-state index in [4.69, 9.17) is 4.74 Å². The van der Waals surface area contributed by atoms with E-state index in [-0.39, 0.29) is 6.54 Å². The Kier molecular flexibility index (Phi) is 4.42. The molecule has 0 spiro atoms. The first-order chi connectivity index (χ1) is 9.35. The van der Waals surface area contributed by atoms with E-state index in [2.05, 4.69) is 21.2 Å². The zero-order valence-electron chi connectivity index (χ0n) is 10.3. The van der Waals surface area contributed by atoms with Crippen LogP contribution in [0, 0.1) is 0 Å². The van der Waals surface area contributed by atoms with E-state index < -0.39 is 18.8 Å². The minimum atomic E-state index is -4.42. The standard InChI is InChI=1S/C12H12BrF3N2O2/c13-9-3-7-1-2-20-10(7)8(4-9)5-17-11(19)18-6-12(14,15)16/h3-4H,1-2,5-6H2,(H2,17,18,19). The molecule has 0 aromatic heterocycles. The van der Waals surface area contributed by atoms with E-state index >= 15 is 0 Å². The van der Waals surface area contributed by atoms with Gasteiger partial charge in [0, 0.05) is 23.0 Å². The Hall–Kier alpha value is -1.44. The number of hydrogen-bond acceptors (Lipinski definition) is 2. The molecule has 0 aliphatic carbocycles. The lowest BCUT2D eigenvalue weighted by molar-refractivity contribution is -0.122. The van der Waals surface area contributed by atoms with Gasteiger partial charge in [-0.2, -0.15) is 13.2 Å². The van der Waals surface area contributed by atoms with Gasteiger partial charge in [0.1, 0.15) is 12.3 Å². The predicted octanol–water partition coefficient (Wildman–Crippen LogP) is 2.75. The minimum Gasteiger partial charge on any atom is -0.493 e. The topological polar surface area (TPSA) is 50.4 Å². The number of carbonyl (C=O) groups is 1. The molecule has 0 bridgehead atoms. The molecule has 1 aromatic carbocycles. The van der Waals surface area contributed by atoms with Crippen LogP contribution in [0.15, 0.2) is 16.6 Å². The molecule has 4 nitrogen and oxygen atoms in total. The van der Waals surface area contributed by atoms with Gasteiger partial charge in [-0.05, 0) is 17.7 Å². The molecule has 0 saturated carbocycles. The van der Waals surface area contributed by atoms with Crippen molar-refractivity contribution in [1.82, 2.24) is 10.6 Å². The molecule has 0 radical (unpaired) electrons. The van der Waals surface area contributed by atoms with Gasteiger partial charge in [-0.3, -0.25) is 0 Å². The summed E-state index contributed by atoms with van der Waals surface area (Å²) in [5.74, 6) is 0.698. The average molecular weight is 353 g/mol. The Balaban J connectivity index is 1.93. The molecule has 0 unspecified atom stereocenters. The van der Waals surface area contributed by atoms with Crippen LogP contribution in [0.4, 0.5) is 18.0 Å². The molecule has 1 aliphatic rings. The van der Waals surface area contributed by atoms with Crippen LogP contribution in [0.1, 0.15) is 11.1 Å². The van der Waals surface area contributed by atoms with Crippen molar-refractivity contribution >= 4 is 22.0 Å². The zero-order chi connectivity index (χ0) is 14.8. The molecule has 110 valence electrons. The van der Waals surface area contributed by atoms with Crippen LogP contribution in [0.2, 0.25) is 0 Å². The largest absolute Gasteiger partial charge is 0.493 e. The van der Waals surface area contributed by atoms with E-state index in [0.717, 1.165) is 22.0 Å². The van der Waals surface area contributed by atoms with Crippen LogP contribution in [-0.4, -0.2) is 25.4 Å². The lowest BCUT2D eigenvalue weighted by Gasteiger charge is -2.12. The third-order valence-corrected chi connectivity index (χ3v) is 3.17. The summed E-state index contributed by atoms with van der Waals surface area (Å²) >= 11 is 3.35. The maximum atomic E-state index is 11.9. The Bertz CT molecular complexity index is 520. The van der Waals surface area contributed by atoms with Gasteiger partial charge < -0.3 is 15.4 Å². The van der Waals surface area contributed by atoms with Crippen molar-refractivity contribution in [2.24, 2.45) is 0 Å². The summed E-state index contributed by atoms with van der Waals surface area (Å²) in [4.78, 5) is 11.3. The van der Waals surface area contributed by atoms with E-state index in [1.165, 1.54) is 0 Å². The molecule has 0 saturated heterocycles. The summed E-state index contributed by atoms with van der Waals surface area (Å²) in [6, 6.07) is 2.83. The van der Waals surface area contributed by atoms with Gasteiger partial charge in [0.2, 0.25) is 0 Å². The molecule has 2 amide bonds. The van der Waals surface area contributed by atoms with E-state index in [1.807, 2.05) is 6.07 Å². The molecule has 0 fully saturated rings. The van der Waals surface area contributed by atoms with Gasteiger partial charge in [0.05, 0.1) is 6.61 Å². The zero-order valence-corrected chi connectivity index (χ0v) is 11.9. The highest BCUT2D eigenvalue weighted by atomic mass is 79.9. The van der Waals surface area contributed by atoms with Gasteiger partial charge in [0.15, 0.2) is 0 Å². The van der Waals surface area contributed by atoms with E-state index in [0.29, 0.717) is 12.4 Å². The number of carbonyl (C=O) groups excluding carboxylic acids is 1. The average Bonchev–Trinajstić information content (AvgIpc) is 2.80. The Labute approximate surface area is 121 Å². The number of fused-ring (bicyclic) bond motifs is 1. The first kappa shape index (κ1) is 15.0. The van der Waals surface area contributed by atoms with Gasteiger partial charge in [-0.25, -0.2) is 4.79 Å². The fourth-order valence-electron chi connectivity index (χ4n) is 1.90. The van der Waals surface area contributed by atoms with Crippen LogP contribution in [-0.2, 0) is 13.0 Å². The summed E-state index contributed by atoms with van der Waals surface area (Å²) in [6.45, 7) is -0.684. The highest BCUT2D eigenvalue weighted by molar-refractivity contribution is 9.10. The number of ether oxygens (including phenoxy) is 1. The molecular formula is C12H12BrF3N2O2. The van der Waals surface area contributed by atoms with Crippen molar-refractivity contribution in [2.75, 3.05) is 13.2 Å². The first-order valence-corrected chi connectivity index (χ1v) is 6.67. The van der Waals surface area contributed by atoms with E-state index in [1.54, 1.807) is 11.4 Å². The number of halogens is 4. The molecule has 1 aromatic rings. The van der Waals surface area contributed by atoms with Crippen LogP contribution >= 0.6 is 15.9 Å². The van der Waals surface area contributed by atoms with Gasteiger partial charge >= 0.3 is 12.2 Å². The first-order valence-electron chi connectivity index (χ1n) is 5.88. The maximum Gasteiger partial charge on any atom is 0.405 e. The molecule has 2 N–H and O–H groups in total. The number of alkyl halides is 3. The van der Waals surface area contributed by atoms with E-state index in [9.17, 15) is 18.0 Å². The van der Waals surface area contributed by atoms with Crippen molar-refractivity contribution in [3.8, 4) is 5.75 Å². The minimum absolute atomic E-state index is 0.103. The summed E-state index contributed by atoms with van der Waals surface area (Å²) in [7, 11) is 0. The fourth-order valence-corrected chi connectivity index (χ4v) is 2.45. The number of urea groups is 1. The van der Waals surface area contributed by atoms with Gasteiger partial charge in [-0.1, -0.05) is 15.9 Å². The molecule has 0 atom stereocenters. The van der Waals surface area contributed by atoms with Crippen molar-refractivity contribution in [2.45, 2.75) is 19.1 Å². The summed E-state index contributed by atoms with van der Waals surface area (Å²) in [6.07, 6.45) is -3.64. The number of rotatable bonds is 3. The third kappa shape index (κ3) is 4.03. The van der Waals surface area contributed by atoms with Crippen molar-refractivity contribution in [3.05, 3.63) is 27.7 Å². The maximum absolute atomic E-state index is 11.9. The second-order valence-corrected chi connectivity index (χ2v) is 5.22. The van der Waals surface area contributed by atoms with Gasteiger partial charge in [0.25, 0.3) is 0 Å². The number of nitrogens with one attached hydrogen (secondary N) is 2. The normalized spacial score (nSPS) is 13.6. The molecule has 2 rings (SSSR count). The quantitative estimate of drug-likeness (QED) is 0.878. The molecular weight excluding hydrogens is 341 g/mol. The van der Waals surface area contributed by atoms with Crippen molar-refractivity contribution < 1.29 is 22.7 Å². The van der Waals surface area contributed by atoms with Crippen LogP contribution in [0.5, 0.6) is 5.75 Å². The highest BCUT2D eigenvalue weighted by Gasteiger charge is 2.27. The second kappa shape index (κ2) is 5.90. The summed E-state index contributed by atoms with van der Waals surface area (Å²) < 4.78 is 42.1. The molecule has 20 heavy (non-hydrogen) atoms. The number of hydrogen-bond donors (Lipinski definition) is 2. The summed E-state index contributed by atoms with van der Waals surface area (Å²) in [5, 5.41) is 4.13. The lowest BCUT2D eigenvalue weighted by atomic mass is 10.1. The second-order valence-electron chi connectivity index (χ2n) is 4.30. The number of benzene rings is 1. The molecule has 8 heteroatoms. The lowest BCUT2D eigenvalue weighted by Crippen LogP contribution is -2.40. The number of amides is 2. The van der Waals surface area contributed by atoms with Crippen molar-refractivity contribution in [1.29, 1.82) is 0 Å². The predicted molar refractivity (Wildman–Crippen MR) is 69.6 cm³/mol. The summed E-state index contributed by atoms with van der Waals surface area (Å²) in [5.41, 5.74) is 1.75.